The maximum absolute atomic E-state index is 11.1. The molecule has 6 heteroatoms. The molecule has 0 aliphatic rings. The highest BCUT2D eigenvalue weighted by Crippen LogP contribution is 2.13. The minimum atomic E-state index is -0.852. The van der Waals surface area contributed by atoms with E-state index >= 15 is 0 Å². The third-order valence-electron chi connectivity index (χ3n) is 2.01. The predicted octanol–water partition coefficient (Wildman–Crippen LogP) is 0.950. The summed E-state index contributed by atoms with van der Waals surface area (Å²) in [6, 6.07) is 11.5. The lowest BCUT2D eigenvalue weighted by atomic mass is 10.1. The highest BCUT2D eigenvalue weighted by molar-refractivity contribution is 5.57. The van der Waals surface area contributed by atoms with Gasteiger partial charge in [-0.1, -0.05) is 30.3 Å². The quantitative estimate of drug-likeness (QED) is 0.554. The van der Waals surface area contributed by atoms with Gasteiger partial charge in [-0.2, -0.15) is 0 Å². The van der Waals surface area contributed by atoms with Crippen LogP contribution in [0.5, 0.6) is 0 Å². The van der Waals surface area contributed by atoms with Crippen molar-refractivity contribution in [3.05, 3.63) is 62.9 Å². The van der Waals surface area contributed by atoms with Crippen LogP contribution in [-0.4, -0.2) is 14.9 Å². The van der Waals surface area contributed by atoms with Crippen molar-refractivity contribution >= 4 is 0 Å². The van der Waals surface area contributed by atoms with Crippen LogP contribution in [0.4, 0.5) is 0 Å². The molecule has 1 aromatic heterocycles. The molecule has 1 aromatic carbocycles. The minimum Gasteiger partial charge on any atom is -0.339 e. The van der Waals surface area contributed by atoms with Crippen LogP contribution in [-0.2, 0) is 0 Å². The highest BCUT2D eigenvalue weighted by atomic mass is 16.7. The summed E-state index contributed by atoms with van der Waals surface area (Å²) < 4.78 is 0. The van der Waals surface area contributed by atoms with Gasteiger partial charge in [0.1, 0.15) is 0 Å². The van der Waals surface area contributed by atoms with Crippen molar-refractivity contribution in [2.75, 3.05) is 0 Å². The third kappa shape index (κ3) is 1.81. The van der Waals surface area contributed by atoms with Crippen LogP contribution in [0.1, 0.15) is 0 Å². The third-order valence-corrected chi connectivity index (χ3v) is 2.01. The van der Waals surface area contributed by atoms with E-state index in [0.29, 0.717) is 5.69 Å². The first kappa shape index (κ1) is 10.0. The van der Waals surface area contributed by atoms with Crippen LogP contribution in [0.25, 0.3) is 11.3 Å². The van der Waals surface area contributed by atoms with E-state index in [-0.39, 0.29) is 4.79 Å². The van der Waals surface area contributed by atoms with Crippen molar-refractivity contribution in [2.24, 2.45) is 0 Å². The van der Waals surface area contributed by atoms with Gasteiger partial charge in [0.15, 0.2) is 0 Å². The zero-order valence-electron chi connectivity index (χ0n) is 8.11. The summed E-state index contributed by atoms with van der Waals surface area (Å²) in [5, 5.41) is 13.3. The molecular weight excluding hydrogens is 210 g/mol. The van der Waals surface area contributed by atoms with Crippen LogP contribution < -0.4 is 5.56 Å². The Morgan fingerprint density at radius 1 is 1.12 bits per heavy atom. The van der Waals surface area contributed by atoms with E-state index in [4.69, 9.17) is 0 Å². The molecule has 6 nitrogen and oxygen atoms in total. The van der Waals surface area contributed by atoms with E-state index in [0.717, 1.165) is 11.6 Å². The van der Waals surface area contributed by atoms with E-state index < -0.39 is 10.6 Å². The summed E-state index contributed by atoms with van der Waals surface area (Å²) in [5.74, 6) is 0. The lowest BCUT2D eigenvalue weighted by molar-refractivity contribution is -0.556. The maximum atomic E-state index is 11.1. The molecule has 0 spiro atoms. The van der Waals surface area contributed by atoms with Crippen LogP contribution in [0, 0.1) is 10.1 Å². The van der Waals surface area contributed by atoms with Gasteiger partial charge < -0.3 is 10.1 Å². The highest BCUT2D eigenvalue weighted by Gasteiger charge is 2.11. The average Bonchev–Trinajstić information content (AvgIpc) is 2.30. The smallest absolute Gasteiger partial charge is 0.334 e. The van der Waals surface area contributed by atoms with Crippen LogP contribution >= 0.6 is 0 Å². The molecule has 0 N–H and O–H groups in total. The van der Waals surface area contributed by atoms with E-state index in [2.05, 4.69) is 5.10 Å². The molecule has 0 radical (unpaired) electrons. The Labute approximate surface area is 89.9 Å². The van der Waals surface area contributed by atoms with Gasteiger partial charge in [-0.05, 0) is 6.07 Å². The van der Waals surface area contributed by atoms with Gasteiger partial charge in [0, 0.05) is 11.6 Å². The molecule has 0 fully saturated rings. The summed E-state index contributed by atoms with van der Waals surface area (Å²) in [6.45, 7) is 0. The van der Waals surface area contributed by atoms with Crippen molar-refractivity contribution in [1.29, 1.82) is 0 Å². The molecule has 2 rings (SSSR count). The predicted molar refractivity (Wildman–Crippen MR) is 56.3 cm³/mol. The second-order valence-electron chi connectivity index (χ2n) is 3.05. The monoisotopic (exact) mass is 217 g/mol. The molecule has 0 atom stereocenters. The summed E-state index contributed by atoms with van der Waals surface area (Å²) in [7, 11) is 0. The number of aromatic nitrogens is 2. The number of hydrogen-bond donors (Lipinski definition) is 0. The molecule has 0 aliphatic heterocycles. The Morgan fingerprint density at radius 3 is 2.44 bits per heavy atom. The van der Waals surface area contributed by atoms with Crippen LogP contribution in [0.3, 0.4) is 0 Å². The fourth-order valence-corrected chi connectivity index (χ4v) is 1.28. The summed E-state index contributed by atoms with van der Waals surface area (Å²) in [4.78, 5) is 21.8. The maximum Gasteiger partial charge on any atom is 0.334 e. The van der Waals surface area contributed by atoms with E-state index in [1.54, 1.807) is 24.3 Å². The molecule has 0 saturated carbocycles. The fraction of sp³-hybridized carbons (Fsp3) is 0. The number of nitro groups is 1. The van der Waals surface area contributed by atoms with Crippen molar-refractivity contribution < 1.29 is 5.03 Å². The van der Waals surface area contributed by atoms with Gasteiger partial charge in [-0.25, -0.2) is 0 Å². The van der Waals surface area contributed by atoms with Gasteiger partial charge >= 0.3 is 5.56 Å². The first-order chi connectivity index (χ1) is 7.68. The standard InChI is InChI=1S/C10H7N3O3/c14-10-7-6-9(11-12(10)13(15)16)8-4-2-1-3-5-8/h1-7H. The molecular formula is C10H7N3O3. The second kappa shape index (κ2) is 3.93. The number of benzene rings is 1. The second-order valence-corrected chi connectivity index (χ2v) is 3.05. The van der Waals surface area contributed by atoms with Crippen LogP contribution in [0.15, 0.2) is 47.3 Å². The van der Waals surface area contributed by atoms with E-state index in [9.17, 15) is 14.9 Å². The Hall–Kier alpha value is -2.50. The lowest BCUT2D eigenvalue weighted by Gasteiger charge is -1.97. The van der Waals surface area contributed by atoms with Gasteiger partial charge in [-0.15, -0.1) is 0 Å². The van der Waals surface area contributed by atoms with Gasteiger partial charge in [-0.3, -0.25) is 4.79 Å². The number of rotatable bonds is 2. The van der Waals surface area contributed by atoms with Crippen molar-refractivity contribution in [3.63, 3.8) is 0 Å². The first-order valence-corrected chi connectivity index (χ1v) is 4.49. The molecule has 80 valence electrons. The number of nitrogens with zero attached hydrogens (tertiary/aromatic N) is 3. The Morgan fingerprint density at radius 2 is 1.81 bits per heavy atom. The Balaban J connectivity index is 2.57. The normalized spacial score (nSPS) is 10.0. The zero-order chi connectivity index (χ0) is 11.5. The molecule has 0 amide bonds. The van der Waals surface area contributed by atoms with Crippen molar-refractivity contribution in [3.8, 4) is 11.3 Å². The first-order valence-electron chi connectivity index (χ1n) is 4.49. The van der Waals surface area contributed by atoms with E-state index in [1.807, 2.05) is 6.07 Å². The molecule has 2 aromatic rings. The van der Waals surface area contributed by atoms with Gasteiger partial charge in [0.25, 0.3) is 0 Å². The van der Waals surface area contributed by atoms with Crippen molar-refractivity contribution in [2.45, 2.75) is 0 Å². The Bertz CT molecular complexity index is 577. The fourth-order valence-electron chi connectivity index (χ4n) is 1.28. The van der Waals surface area contributed by atoms with Gasteiger partial charge in [0.2, 0.25) is 5.69 Å². The molecule has 0 unspecified atom stereocenters. The summed E-state index contributed by atoms with van der Waals surface area (Å²) in [6.07, 6.45) is 0. The topological polar surface area (TPSA) is 78.0 Å². The lowest BCUT2D eigenvalue weighted by Crippen LogP contribution is -2.28. The average molecular weight is 217 g/mol. The summed E-state index contributed by atoms with van der Waals surface area (Å²) in [5.41, 5.74) is 0.347. The van der Waals surface area contributed by atoms with Crippen molar-refractivity contribution in [1.82, 2.24) is 9.89 Å². The zero-order valence-corrected chi connectivity index (χ0v) is 8.11. The summed E-state index contributed by atoms with van der Waals surface area (Å²) >= 11 is 0. The largest absolute Gasteiger partial charge is 0.339 e. The molecule has 0 bridgehead atoms. The molecule has 1 heterocycles. The molecule has 0 saturated heterocycles. The minimum absolute atomic E-state index is 0.225. The molecule has 0 aliphatic carbocycles. The molecule has 16 heavy (non-hydrogen) atoms. The Kier molecular flexibility index (Phi) is 2.47. The number of hydrogen-bond acceptors (Lipinski definition) is 4. The van der Waals surface area contributed by atoms with E-state index in [1.165, 1.54) is 6.07 Å². The SMILES string of the molecule is O=c1ccc(-c2ccccc2)nn1[N+](=O)[O-]. The van der Waals surface area contributed by atoms with Crippen LogP contribution in [0.2, 0.25) is 0 Å². The van der Waals surface area contributed by atoms with Gasteiger partial charge in [0.05, 0.1) is 14.9 Å².